The van der Waals surface area contributed by atoms with Gasteiger partial charge >= 0.3 is 0 Å². The summed E-state index contributed by atoms with van der Waals surface area (Å²) < 4.78 is 0. The second-order valence-corrected chi connectivity index (χ2v) is 6.05. The third-order valence-corrected chi connectivity index (χ3v) is 5.32. The maximum absolute atomic E-state index is 2.48. The zero-order valence-electron chi connectivity index (χ0n) is 10.2. The van der Waals surface area contributed by atoms with Gasteiger partial charge in [-0.2, -0.15) is 0 Å². The standard InChI is InChI=1S/C14H24/c1-11-10-14(8-6-5-7-9-14)13(3,4)12(11)2/h5-10H2,1-4H3. The SMILES string of the molecule is CC1=C(C)C(C)(C)C2(CCCCC2)C1. The number of hydrogen-bond acceptors (Lipinski definition) is 0. The molecule has 0 unspecified atom stereocenters. The molecule has 0 bridgehead atoms. The monoisotopic (exact) mass is 192 g/mol. The van der Waals surface area contributed by atoms with Crippen LogP contribution in [0, 0.1) is 10.8 Å². The van der Waals surface area contributed by atoms with E-state index in [0.717, 1.165) is 0 Å². The molecule has 0 aromatic carbocycles. The maximum Gasteiger partial charge on any atom is -0.00854 e. The van der Waals surface area contributed by atoms with Crippen LogP contribution in [0.5, 0.6) is 0 Å². The predicted octanol–water partition coefficient (Wildman–Crippen LogP) is 4.70. The Kier molecular flexibility index (Phi) is 2.28. The zero-order valence-corrected chi connectivity index (χ0v) is 10.2. The van der Waals surface area contributed by atoms with Crippen molar-refractivity contribution in [3.63, 3.8) is 0 Å². The molecular formula is C14H24. The van der Waals surface area contributed by atoms with Crippen LogP contribution in [-0.4, -0.2) is 0 Å². The molecule has 1 saturated carbocycles. The molecule has 0 atom stereocenters. The van der Waals surface area contributed by atoms with Crippen LogP contribution in [0.25, 0.3) is 0 Å². The summed E-state index contributed by atoms with van der Waals surface area (Å²) in [6, 6.07) is 0. The Labute approximate surface area is 88.8 Å². The average molecular weight is 192 g/mol. The lowest BCUT2D eigenvalue weighted by Gasteiger charge is -2.46. The first-order chi connectivity index (χ1) is 6.50. The van der Waals surface area contributed by atoms with E-state index in [2.05, 4.69) is 27.7 Å². The fourth-order valence-corrected chi connectivity index (χ4v) is 3.82. The summed E-state index contributed by atoms with van der Waals surface area (Å²) in [4.78, 5) is 0. The maximum atomic E-state index is 2.48. The van der Waals surface area contributed by atoms with Crippen molar-refractivity contribution in [3.8, 4) is 0 Å². The second-order valence-electron chi connectivity index (χ2n) is 6.05. The molecule has 0 aliphatic heterocycles. The van der Waals surface area contributed by atoms with Crippen LogP contribution in [0.15, 0.2) is 11.1 Å². The smallest absolute Gasteiger partial charge is 0.00854 e. The molecule has 0 heterocycles. The molecule has 0 radical (unpaired) electrons. The van der Waals surface area contributed by atoms with Gasteiger partial charge < -0.3 is 0 Å². The van der Waals surface area contributed by atoms with E-state index in [0.29, 0.717) is 10.8 Å². The molecule has 1 fully saturated rings. The minimum atomic E-state index is 0.470. The fourth-order valence-electron chi connectivity index (χ4n) is 3.82. The molecule has 2 aliphatic carbocycles. The highest BCUT2D eigenvalue weighted by atomic mass is 14.5. The highest BCUT2D eigenvalue weighted by Gasteiger charge is 2.50. The summed E-state index contributed by atoms with van der Waals surface area (Å²) in [5.74, 6) is 0. The first kappa shape index (κ1) is 10.3. The Balaban J connectivity index is 2.32. The Morgan fingerprint density at radius 1 is 0.929 bits per heavy atom. The van der Waals surface area contributed by atoms with Gasteiger partial charge in [-0.05, 0) is 43.9 Å². The molecule has 80 valence electrons. The van der Waals surface area contributed by atoms with Crippen LogP contribution in [-0.2, 0) is 0 Å². The van der Waals surface area contributed by atoms with Crippen LogP contribution in [0.4, 0.5) is 0 Å². The molecule has 1 spiro atoms. The van der Waals surface area contributed by atoms with Crippen LogP contribution < -0.4 is 0 Å². The van der Waals surface area contributed by atoms with Gasteiger partial charge in [0.15, 0.2) is 0 Å². The van der Waals surface area contributed by atoms with Crippen LogP contribution in [0.1, 0.15) is 66.2 Å². The van der Waals surface area contributed by atoms with Crippen molar-refractivity contribution in [2.24, 2.45) is 10.8 Å². The number of rotatable bonds is 0. The first-order valence-corrected chi connectivity index (χ1v) is 6.16. The van der Waals surface area contributed by atoms with Gasteiger partial charge in [0.05, 0.1) is 0 Å². The first-order valence-electron chi connectivity index (χ1n) is 6.16. The van der Waals surface area contributed by atoms with Crippen molar-refractivity contribution in [1.82, 2.24) is 0 Å². The summed E-state index contributed by atoms with van der Waals surface area (Å²) in [5, 5.41) is 0. The predicted molar refractivity (Wildman–Crippen MR) is 62.3 cm³/mol. The van der Waals surface area contributed by atoms with Crippen molar-refractivity contribution < 1.29 is 0 Å². The molecule has 0 heteroatoms. The van der Waals surface area contributed by atoms with Crippen LogP contribution in [0.3, 0.4) is 0 Å². The van der Waals surface area contributed by atoms with E-state index in [-0.39, 0.29) is 0 Å². The average Bonchev–Trinajstić information content (AvgIpc) is 2.30. The fraction of sp³-hybridized carbons (Fsp3) is 0.857. The van der Waals surface area contributed by atoms with E-state index >= 15 is 0 Å². The third-order valence-electron chi connectivity index (χ3n) is 5.32. The largest absolute Gasteiger partial charge is 0.0733 e. The van der Waals surface area contributed by atoms with E-state index in [4.69, 9.17) is 0 Å². The Morgan fingerprint density at radius 3 is 1.93 bits per heavy atom. The molecule has 0 nitrogen and oxygen atoms in total. The molecule has 0 saturated heterocycles. The quantitative estimate of drug-likeness (QED) is 0.488. The number of hydrogen-bond donors (Lipinski definition) is 0. The van der Waals surface area contributed by atoms with E-state index in [9.17, 15) is 0 Å². The van der Waals surface area contributed by atoms with Gasteiger partial charge in [-0.15, -0.1) is 0 Å². The van der Waals surface area contributed by atoms with Gasteiger partial charge in [0, 0.05) is 0 Å². The second kappa shape index (κ2) is 3.12. The van der Waals surface area contributed by atoms with E-state index in [1.165, 1.54) is 38.5 Å². The lowest BCUT2D eigenvalue weighted by Crippen LogP contribution is -2.36. The van der Waals surface area contributed by atoms with Gasteiger partial charge in [0.1, 0.15) is 0 Å². The van der Waals surface area contributed by atoms with Gasteiger partial charge in [0.2, 0.25) is 0 Å². The molecule has 0 N–H and O–H groups in total. The minimum absolute atomic E-state index is 0.470. The van der Waals surface area contributed by atoms with Gasteiger partial charge in [0.25, 0.3) is 0 Å². The number of allylic oxidation sites excluding steroid dienone is 2. The highest BCUT2D eigenvalue weighted by Crippen LogP contribution is 2.61. The lowest BCUT2D eigenvalue weighted by molar-refractivity contribution is 0.0724. The van der Waals surface area contributed by atoms with Gasteiger partial charge in [-0.1, -0.05) is 44.3 Å². The van der Waals surface area contributed by atoms with Crippen molar-refractivity contribution in [2.45, 2.75) is 66.2 Å². The molecule has 0 amide bonds. The summed E-state index contributed by atoms with van der Waals surface area (Å²) in [7, 11) is 0. The minimum Gasteiger partial charge on any atom is -0.0733 e. The summed E-state index contributed by atoms with van der Waals surface area (Å²) in [6.45, 7) is 9.66. The highest BCUT2D eigenvalue weighted by molar-refractivity contribution is 5.30. The topological polar surface area (TPSA) is 0 Å². The van der Waals surface area contributed by atoms with Crippen LogP contribution >= 0.6 is 0 Å². The summed E-state index contributed by atoms with van der Waals surface area (Å²) >= 11 is 0. The molecule has 2 rings (SSSR count). The summed E-state index contributed by atoms with van der Waals surface area (Å²) in [6.07, 6.45) is 8.71. The Hall–Kier alpha value is -0.260. The van der Waals surface area contributed by atoms with E-state index in [1.807, 2.05) is 0 Å². The van der Waals surface area contributed by atoms with Crippen molar-refractivity contribution in [3.05, 3.63) is 11.1 Å². The molecule has 0 aromatic rings. The normalized spacial score (nSPS) is 30.0. The molecule has 2 aliphatic rings. The van der Waals surface area contributed by atoms with Crippen molar-refractivity contribution >= 4 is 0 Å². The lowest BCUT2D eigenvalue weighted by atomic mass is 9.58. The van der Waals surface area contributed by atoms with E-state index in [1.54, 1.807) is 11.1 Å². The van der Waals surface area contributed by atoms with Crippen molar-refractivity contribution in [1.29, 1.82) is 0 Å². The molecule has 0 aromatic heterocycles. The van der Waals surface area contributed by atoms with Crippen molar-refractivity contribution in [2.75, 3.05) is 0 Å². The van der Waals surface area contributed by atoms with E-state index < -0.39 is 0 Å². The zero-order chi connectivity index (χ0) is 10.4. The molecular weight excluding hydrogens is 168 g/mol. The summed E-state index contributed by atoms with van der Waals surface area (Å²) in [5.41, 5.74) is 4.47. The van der Waals surface area contributed by atoms with Crippen LogP contribution in [0.2, 0.25) is 0 Å². The van der Waals surface area contributed by atoms with Gasteiger partial charge in [-0.3, -0.25) is 0 Å². The molecule has 14 heavy (non-hydrogen) atoms. The third kappa shape index (κ3) is 1.19. The van der Waals surface area contributed by atoms with Gasteiger partial charge in [-0.25, -0.2) is 0 Å². The Morgan fingerprint density at radius 2 is 1.50 bits per heavy atom. The Bertz CT molecular complexity index is 262.